The maximum Gasteiger partial charge on any atom is 0.254 e. The van der Waals surface area contributed by atoms with Crippen molar-refractivity contribution in [2.75, 3.05) is 13.1 Å². The maximum absolute atomic E-state index is 12.9. The van der Waals surface area contributed by atoms with Crippen LogP contribution in [0.3, 0.4) is 0 Å². The van der Waals surface area contributed by atoms with Gasteiger partial charge in [-0.15, -0.1) is 0 Å². The highest BCUT2D eigenvalue weighted by atomic mass is 16.2. The van der Waals surface area contributed by atoms with Crippen LogP contribution in [0.25, 0.3) is 0 Å². The van der Waals surface area contributed by atoms with Crippen molar-refractivity contribution < 1.29 is 9.59 Å². The normalized spacial score (nSPS) is 20.2. The van der Waals surface area contributed by atoms with Gasteiger partial charge in [0.15, 0.2) is 0 Å². The lowest BCUT2D eigenvalue weighted by atomic mass is 9.94. The zero-order valence-corrected chi connectivity index (χ0v) is 15.5. The molecule has 7 heteroatoms. The van der Waals surface area contributed by atoms with E-state index in [0.717, 1.165) is 25.8 Å². The number of benzene rings is 1. The summed E-state index contributed by atoms with van der Waals surface area (Å²) in [4.78, 5) is 27.1. The molecule has 1 saturated heterocycles. The Morgan fingerprint density at radius 3 is 2.63 bits per heavy atom. The molecule has 2 aliphatic heterocycles. The Hall–Kier alpha value is -2.67. The number of carbonyl (C=O) groups excluding carboxylic acids is 2. The Balaban J connectivity index is 1.29. The lowest BCUT2D eigenvalue weighted by Gasteiger charge is -2.36. The largest absolute Gasteiger partial charge is 0.349 e. The highest BCUT2D eigenvalue weighted by Gasteiger charge is 2.31. The molecule has 0 radical (unpaired) electrons. The molecule has 0 unspecified atom stereocenters. The fourth-order valence-corrected chi connectivity index (χ4v) is 3.90. The van der Waals surface area contributed by atoms with Crippen LogP contribution in [-0.2, 0) is 24.8 Å². The number of piperidine rings is 1. The SMILES string of the molecule is Cn1cc(C(=O)NC2CCN(C(=O)[C@@H]3Cc4ccccc4CN3)CC2)cn1. The summed E-state index contributed by atoms with van der Waals surface area (Å²) in [6, 6.07) is 8.23. The average molecular weight is 367 g/mol. The first-order valence-electron chi connectivity index (χ1n) is 9.48. The van der Waals surface area contributed by atoms with Crippen LogP contribution in [0.15, 0.2) is 36.7 Å². The number of fused-ring (bicyclic) bond motifs is 1. The van der Waals surface area contributed by atoms with Gasteiger partial charge in [0.2, 0.25) is 5.91 Å². The molecule has 4 rings (SSSR count). The molecule has 142 valence electrons. The molecular formula is C20H25N5O2. The molecule has 0 aliphatic carbocycles. The van der Waals surface area contributed by atoms with Gasteiger partial charge in [-0.1, -0.05) is 24.3 Å². The van der Waals surface area contributed by atoms with E-state index in [2.05, 4.69) is 27.9 Å². The molecule has 0 saturated carbocycles. The lowest BCUT2D eigenvalue weighted by Crippen LogP contribution is -2.53. The van der Waals surface area contributed by atoms with Crippen LogP contribution in [0.1, 0.15) is 34.3 Å². The summed E-state index contributed by atoms with van der Waals surface area (Å²) in [6.07, 6.45) is 5.58. The zero-order valence-electron chi connectivity index (χ0n) is 15.5. The first-order chi connectivity index (χ1) is 13.1. The second-order valence-corrected chi connectivity index (χ2v) is 7.38. The fraction of sp³-hybridized carbons (Fsp3) is 0.450. The predicted octanol–water partition coefficient (Wildman–Crippen LogP) is 0.855. The van der Waals surface area contributed by atoms with Gasteiger partial charge in [-0.25, -0.2) is 0 Å². The molecule has 1 atom stereocenters. The topological polar surface area (TPSA) is 79.3 Å². The Bertz CT molecular complexity index is 838. The first-order valence-corrected chi connectivity index (χ1v) is 9.48. The number of rotatable bonds is 3. The number of hydrogen-bond acceptors (Lipinski definition) is 4. The van der Waals surface area contributed by atoms with Crippen molar-refractivity contribution in [2.45, 2.75) is 37.9 Å². The van der Waals surface area contributed by atoms with Gasteiger partial charge in [-0.05, 0) is 30.4 Å². The summed E-state index contributed by atoms with van der Waals surface area (Å²) < 4.78 is 1.62. The third kappa shape index (κ3) is 3.88. The molecular weight excluding hydrogens is 342 g/mol. The summed E-state index contributed by atoms with van der Waals surface area (Å²) >= 11 is 0. The summed E-state index contributed by atoms with van der Waals surface area (Å²) in [7, 11) is 1.79. The van der Waals surface area contributed by atoms with Gasteiger partial charge in [0.1, 0.15) is 0 Å². The molecule has 2 aromatic rings. The molecule has 1 aromatic heterocycles. The number of likely N-dealkylation sites (tertiary alicyclic amines) is 1. The van der Waals surface area contributed by atoms with E-state index in [0.29, 0.717) is 18.7 Å². The van der Waals surface area contributed by atoms with Crippen molar-refractivity contribution in [3.05, 3.63) is 53.3 Å². The van der Waals surface area contributed by atoms with Gasteiger partial charge < -0.3 is 15.5 Å². The van der Waals surface area contributed by atoms with E-state index in [4.69, 9.17) is 0 Å². The highest BCUT2D eigenvalue weighted by molar-refractivity contribution is 5.93. The van der Waals surface area contributed by atoms with Crippen molar-refractivity contribution >= 4 is 11.8 Å². The third-order valence-corrected chi connectivity index (χ3v) is 5.49. The van der Waals surface area contributed by atoms with Crippen LogP contribution < -0.4 is 10.6 Å². The minimum Gasteiger partial charge on any atom is -0.349 e. The van der Waals surface area contributed by atoms with E-state index < -0.39 is 0 Å². The molecule has 2 amide bonds. The van der Waals surface area contributed by atoms with Crippen LogP contribution in [-0.4, -0.2) is 51.7 Å². The number of aryl methyl sites for hydroxylation is 1. The van der Waals surface area contributed by atoms with Crippen LogP contribution in [0.4, 0.5) is 0 Å². The highest BCUT2D eigenvalue weighted by Crippen LogP contribution is 2.19. The Kier molecular flexibility index (Phi) is 4.94. The van der Waals surface area contributed by atoms with Gasteiger partial charge in [0.05, 0.1) is 17.8 Å². The molecule has 2 N–H and O–H groups in total. The molecule has 27 heavy (non-hydrogen) atoms. The van der Waals surface area contributed by atoms with E-state index in [1.165, 1.54) is 11.1 Å². The number of hydrogen-bond donors (Lipinski definition) is 2. The smallest absolute Gasteiger partial charge is 0.254 e. The third-order valence-electron chi connectivity index (χ3n) is 5.49. The van der Waals surface area contributed by atoms with Crippen LogP contribution in [0, 0.1) is 0 Å². The van der Waals surface area contributed by atoms with Gasteiger partial charge in [0, 0.05) is 38.9 Å². The minimum absolute atomic E-state index is 0.0987. The second-order valence-electron chi connectivity index (χ2n) is 7.38. The van der Waals surface area contributed by atoms with Gasteiger partial charge >= 0.3 is 0 Å². The van der Waals surface area contributed by atoms with Crippen LogP contribution in [0.2, 0.25) is 0 Å². The van der Waals surface area contributed by atoms with Crippen molar-refractivity contribution in [2.24, 2.45) is 7.05 Å². The van der Waals surface area contributed by atoms with Gasteiger partial charge in [-0.3, -0.25) is 14.3 Å². The molecule has 2 aliphatic rings. The summed E-state index contributed by atoms with van der Waals surface area (Å²) in [5, 5.41) is 10.5. The molecule has 7 nitrogen and oxygen atoms in total. The molecule has 0 bridgehead atoms. The Labute approximate surface area is 158 Å². The van der Waals surface area contributed by atoms with Gasteiger partial charge in [0.25, 0.3) is 5.91 Å². The molecule has 1 fully saturated rings. The van der Waals surface area contributed by atoms with Crippen LogP contribution in [0.5, 0.6) is 0 Å². The van der Waals surface area contributed by atoms with Gasteiger partial charge in [-0.2, -0.15) is 5.10 Å². The van der Waals surface area contributed by atoms with E-state index in [-0.39, 0.29) is 23.9 Å². The summed E-state index contributed by atoms with van der Waals surface area (Å²) in [6.45, 7) is 2.09. The number of amides is 2. The second kappa shape index (κ2) is 7.52. The van der Waals surface area contributed by atoms with Crippen molar-refractivity contribution in [3.63, 3.8) is 0 Å². The summed E-state index contributed by atoms with van der Waals surface area (Å²) in [5.41, 5.74) is 3.10. The number of nitrogens with zero attached hydrogens (tertiary/aromatic N) is 3. The van der Waals surface area contributed by atoms with E-state index in [9.17, 15) is 9.59 Å². The van der Waals surface area contributed by atoms with E-state index in [1.54, 1.807) is 24.1 Å². The monoisotopic (exact) mass is 367 g/mol. The lowest BCUT2D eigenvalue weighted by molar-refractivity contribution is -0.134. The maximum atomic E-state index is 12.9. The number of nitrogens with one attached hydrogen (secondary N) is 2. The number of aromatic nitrogens is 2. The van der Waals surface area contributed by atoms with E-state index in [1.807, 2.05) is 17.0 Å². The standard InChI is InChI=1S/C20H25N5O2/c1-24-13-16(12-22-24)19(26)23-17-6-8-25(9-7-17)20(27)18-10-14-4-2-3-5-15(14)11-21-18/h2-5,12-13,17-18,21H,6-11H2,1H3,(H,23,26)/t18-/m0/s1. The fourth-order valence-electron chi connectivity index (χ4n) is 3.90. The Morgan fingerprint density at radius 2 is 1.93 bits per heavy atom. The zero-order chi connectivity index (χ0) is 18.8. The predicted molar refractivity (Wildman–Crippen MR) is 101 cm³/mol. The first kappa shape index (κ1) is 17.7. The van der Waals surface area contributed by atoms with Crippen molar-refractivity contribution in [3.8, 4) is 0 Å². The van der Waals surface area contributed by atoms with E-state index >= 15 is 0 Å². The molecule has 0 spiro atoms. The van der Waals surface area contributed by atoms with Crippen LogP contribution >= 0.6 is 0 Å². The quantitative estimate of drug-likeness (QED) is 0.843. The van der Waals surface area contributed by atoms with Crippen molar-refractivity contribution in [1.82, 2.24) is 25.3 Å². The number of carbonyl (C=O) groups is 2. The Morgan fingerprint density at radius 1 is 1.19 bits per heavy atom. The molecule has 1 aromatic carbocycles. The summed E-state index contributed by atoms with van der Waals surface area (Å²) in [5.74, 6) is 0.0694. The van der Waals surface area contributed by atoms with Crippen molar-refractivity contribution in [1.29, 1.82) is 0 Å². The minimum atomic E-state index is -0.151. The molecule has 3 heterocycles. The average Bonchev–Trinajstić information content (AvgIpc) is 3.14.